The first kappa shape index (κ1) is 30.0. The molecule has 13 heteroatoms. The van der Waals surface area contributed by atoms with Crippen molar-refractivity contribution < 1.29 is 27.6 Å². The van der Waals surface area contributed by atoms with Crippen LogP contribution in [0.3, 0.4) is 0 Å². The second-order valence-corrected chi connectivity index (χ2v) is 21.9. The SMILES string of the molecule is CC(C)(C)[Si](C)(C)OC[C@@]1(CNO)O[C@@H](n2cc(F)c(=O)[nH]c2=O)[C@@H](F)[C@@H]1O[Si](C)(C)C(C)(C)C. The number of ether oxygens (including phenoxy) is 1. The Morgan fingerprint density at radius 2 is 1.69 bits per heavy atom. The summed E-state index contributed by atoms with van der Waals surface area (Å²) in [6, 6.07) is 0. The van der Waals surface area contributed by atoms with Gasteiger partial charge in [-0.25, -0.2) is 14.7 Å². The van der Waals surface area contributed by atoms with Gasteiger partial charge >= 0.3 is 5.69 Å². The van der Waals surface area contributed by atoms with Crippen molar-refractivity contribution in [1.29, 1.82) is 0 Å². The van der Waals surface area contributed by atoms with Gasteiger partial charge in [0.15, 0.2) is 29.0 Å². The lowest BCUT2D eigenvalue weighted by molar-refractivity contribution is -0.132. The molecule has 4 atom stereocenters. The highest BCUT2D eigenvalue weighted by Gasteiger charge is 2.60. The van der Waals surface area contributed by atoms with Crippen LogP contribution in [0.5, 0.6) is 0 Å². The van der Waals surface area contributed by atoms with Crippen LogP contribution in [-0.4, -0.2) is 62.4 Å². The first-order valence-electron chi connectivity index (χ1n) is 11.7. The van der Waals surface area contributed by atoms with E-state index in [9.17, 15) is 19.2 Å². The van der Waals surface area contributed by atoms with Crippen LogP contribution >= 0.6 is 0 Å². The van der Waals surface area contributed by atoms with Crippen LogP contribution in [0, 0.1) is 5.82 Å². The normalized spacial score (nSPS) is 26.4. The highest BCUT2D eigenvalue weighted by Crippen LogP contribution is 2.47. The van der Waals surface area contributed by atoms with Crippen molar-refractivity contribution in [3.63, 3.8) is 0 Å². The third kappa shape index (κ3) is 6.02. The Kier molecular flexibility index (Phi) is 8.50. The number of nitrogens with one attached hydrogen (secondary N) is 2. The van der Waals surface area contributed by atoms with Gasteiger partial charge < -0.3 is 18.8 Å². The second-order valence-electron chi connectivity index (χ2n) is 12.3. The molecule has 35 heavy (non-hydrogen) atoms. The highest BCUT2D eigenvalue weighted by atomic mass is 28.4. The van der Waals surface area contributed by atoms with Gasteiger partial charge in [-0.3, -0.25) is 14.3 Å². The summed E-state index contributed by atoms with van der Waals surface area (Å²) in [5, 5.41) is 9.27. The monoisotopic (exact) mass is 537 g/mol. The third-order valence-electron chi connectivity index (χ3n) is 7.72. The molecule has 2 heterocycles. The van der Waals surface area contributed by atoms with E-state index in [1.54, 1.807) is 0 Å². The molecule has 1 aliphatic rings. The lowest BCUT2D eigenvalue weighted by atomic mass is 9.97. The maximum Gasteiger partial charge on any atom is 0.330 e. The fraction of sp³-hybridized carbons (Fsp3) is 0.818. The van der Waals surface area contributed by atoms with Crippen molar-refractivity contribution in [2.45, 2.75) is 102 Å². The average Bonchev–Trinajstić information content (AvgIpc) is 2.94. The maximum atomic E-state index is 16.2. The number of hydrogen-bond acceptors (Lipinski definition) is 7. The standard InChI is InChI=1S/C22H41F2N3O6Si2/c1-20(2,3)34(7,8)31-13-22(12-25-30)16(33-35(9,10)21(4,5)6)15(24)18(32-22)27-11-14(23)17(28)26-19(27)29/h11,15-16,18,25,30H,12-13H2,1-10H3,(H,26,28,29)/t15-,16-,18+,22+/m0/s1. The molecule has 1 aromatic rings. The predicted molar refractivity (Wildman–Crippen MR) is 134 cm³/mol. The molecule has 1 saturated heterocycles. The molecule has 1 fully saturated rings. The predicted octanol–water partition coefficient (Wildman–Crippen LogP) is 3.67. The van der Waals surface area contributed by atoms with Crippen molar-refractivity contribution in [2.24, 2.45) is 0 Å². The average molecular weight is 538 g/mol. The van der Waals surface area contributed by atoms with E-state index in [0.717, 1.165) is 0 Å². The van der Waals surface area contributed by atoms with Crippen LogP contribution in [0.2, 0.25) is 36.3 Å². The van der Waals surface area contributed by atoms with E-state index < -0.39 is 57.8 Å². The van der Waals surface area contributed by atoms with Crippen LogP contribution in [-0.2, 0) is 13.6 Å². The first-order valence-corrected chi connectivity index (χ1v) is 17.5. The fourth-order valence-corrected chi connectivity index (χ4v) is 5.67. The van der Waals surface area contributed by atoms with E-state index in [0.29, 0.717) is 10.8 Å². The summed E-state index contributed by atoms with van der Waals surface area (Å²) in [5.74, 6) is -1.25. The molecule has 0 radical (unpaired) electrons. The van der Waals surface area contributed by atoms with Crippen molar-refractivity contribution in [3.8, 4) is 0 Å². The Labute approximate surface area is 207 Å². The number of halogens is 2. The van der Waals surface area contributed by atoms with Gasteiger partial charge in [0.05, 0.1) is 19.3 Å². The molecule has 0 bridgehead atoms. The summed E-state index contributed by atoms with van der Waals surface area (Å²) in [6.45, 7) is 19.7. The molecule has 0 aromatic carbocycles. The molecule has 9 nitrogen and oxygen atoms in total. The summed E-state index contributed by atoms with van der Waals surface area (Å²) in [4.78, 5) is 25.8. The van der Waals surface area contributed by atoms with Gasteiger partial charge in [0.25, 0.3) is 5.56 Å². The molecular weight excluding hydrogens is 496 g/mol. The summed E-state index contributed by atoms with van der Waals surface area (Å²) in [7, 11) is -4.95. The zero-order chi connectivity index (χ0) is 27.2. The van der Waals surface area contributed by atoms with E-state index in [-0.39, 0.29) is 23.2 Å². The van der Waals surface area contributed by atoms with Crippen LogP contribution in [0.1, 0.15) is 47.8 Å². The Bertz CT molecular complexity index is 1020. The number of H-pyrrole nitrogens is 1. The maximum absolute atomic E-state index is 16.2. The minimum absolute atomic E-state index is 0.131. The Morgan fingerprint density at radius 1 is 1.14 bits per heavy atom. The van der Waals surface area contributed by atoms with Gasteiger partial charge in [-0.05, 0) is 36.3 Å². The molecule has 202 valence electrons. The number of nitrogens with zero attached hydrogens (tertiary/aromatic N) is 1. The van der Waals surface area contributed by atoms with Crippen molar-refractivity contribution in [1.82, 2.24) is 15.0 Å². The smallest absolute Gasteiger partial charge is 0.330 e. The number of alkyl halides is 1. The zero-order valence-corrected chi connectivity index (χ0v) is 24.4. The highest BCUT2D eigenvalue weighted by molar-refractivity contribution is 6.74. The van der Waals surface area contributed by atoms with Crippen molar-refractivity contribution in [2.75, 3.05) is 13.2 Å². The largest absolute Gasteiger partial charge is 0.414 e. The summed E-state index contributed by atoms with van der Waals surface area (Å²) in [6.07, 6.45) is -4.16. The molecule has 0 unspecified atom stereocenters. The Hall–Kier alpha value is -1.23. The summed E-state index contributed by atoms with van der Waals surface area (Å²) < 4.78 is 49.9. The molecule has 0 saturated carbocycles. The molecule has 2 rings (SSSR count). The van der Waals surface area contributed by atoms with Gasteiger partial charge in [0, 0.05) is 0 Å². The number of rotatable bonds is 8. The van der Waals surface area contributed by atoms with Gasteiger partial charge in [0.2, 0.25) is 5.82 Å². The van der Waals surface area contributed by atoms with Crippen LogP contribution in [0.25, 0.3) is 0 Å². The minimum atomic E-state index is -2.60. The topological polar surface area (TPSA) is 115 Å². The van der Waals surface area contributed by atoms with Gasteiger partial charge in [-0.1, -0.05) is 41.5 Å². The van der Waals surface area contributed by atoms with E-state index >= 15 is 4.39 Å². The van der Waals surface area contributed by atoms with Crippen LogP contribution in [0.4, 0.5) is 8.78 Å². The molecule has 1 aromatic heterocycles. The number of hydrogen-bond donors (Lipinski definition) is 3. The number of aromatic nitrogens is 2. The summed E-state index contributed by atoms with van der Waals surface area (Å²) >= 11 is 0. The van der Waals surface area contributed by atoms with Gasteiger partial charge in [0.1, 0.15) is 11.7 Å². The summed E-state index contributed by atoms with van der Waals surface area (Å²) in [5.41, 5.74) is -1.71. The van der Waals surface area contributed by atoms with Gasteiger partial charge in [-0.15, -0.1) is 0 Å². The molecule has 0 amide bonds. The van der Waals surface area contributed by atoms with E-state index in [1.807, 2.05) is 51.9 Å². The molecule has 3 N–H and O–H groups in total. The Morgan fingerprint density at radius 3 is 2.17 bits per heavy atom. The zero-order valence-electron chi connectivity index (χ0n) is 22.4. The van der Waals surface area contributed by atoms with Crippen LogP contribution < -0.4 is 16.7 Å². The Balaban J connectivity index is 2.62. The van der Waals surface area contributed by atoms with Gasteiger partial charge in [-0.2, -0.15) is 4.39 Å². The first-order chi connectivity index (χ1) is 15.7. The molecule has 1 aliphatic heterocycles. The fourth-order valence-electron chi connectivity index (χ4n) is 3.30. The van der Waals surface area contributed by atoms with E-state index in [1.165, 1.54) is 0 Å². The third-order valence-corrected chi connectivity index (χ3v) is 16.7. The van der Waals surface area contributed by atoms with Crippen LogP contribution in [0.15, 0.2) is 15.8 Å². The molecule has 0 spiro atoms. The molecule has 0 aliphatic carbocycles. The quantitative estimate of drug-likeness (QED) is 0.342. The molecular formula is C22H41F2N3O6Si2. The van der Waals surface area contributed by atoms with Crippen molar-refractivity contribution >= 4 is 16.6 Å². The lowest BCUT2D eigenvalue weighted by Crippen LogP contribution is -2.60. The van der Waals surface area contributed by atoms with E-state index in [2.05, 4.69) is 26.3 Å². The minimum Gasteiger partial charge on any atom is -0.414 e. The second kappa shape index (κ2) is 9.91. The van der Waals surface area contributed by atoms with Crippen molar-refractivity contribution in [3.05, 3.63) is 32.9 Å². The number of hydroxylamine groups is 1. The lowest BCUT2D eigenvalue weighted by Gasteiger charge is -2.45. The number of aromatic amines is 1. The van der Waals surface area contributed by atoms with E-state index in [4.69, 9.17) is 13.6 Å².